The number of furan rings is 1. The van der Waals surface area contributed by atoms with Crippen molar-refractivity contribution in [3.8, 4) is 0 Å². The highest BCUT2D eigenvalue weighted by molar-refractivity contribution is 7.80. The maximum Gasteiger partial charge on any atom is 0.161 e. The van der Waals surface area contributed by atoms with Gasteiger partial charge in [0.15, 0.2) is 5.82 Å². The van der Waals surface area contributed by atoms with Crippen LogP contribution in [0.1, 0.15) is 22.4 Å². The van der Waals surface area contributed by atoms with Crippen LogP contribution in [0.2, 0.25) is 0 Å². The smallest absolute Gasteiger partial charge is 0.161 e. The fourth-order valence-corrected chi connectivity index (χ4v) is 2.13. The van der Waals surface area contributed by atoms with Gasteiger partial charge < -0.3 is 15.1 Å². The number of aryl methyl sites for hydroxylation is 1. The topological polar surface area (TPSA) is 68.2 Å². The van der Waals surface area contributed by atoms with Gasteiger partial charge in [-0.1, -0.05) is 12.2 Å². The maximum absolute atomic E-state index is 5.81. The monoisotopic (exact) mass is 276 g/mol. The Balaban J connectivity index is 2.38. The number of rotatable bonds is 4. The Bertz CT molecular complexity index is 595. The lowest BCUT2D eigenvalue weighted by Gasteiger charge is -2.21. The third-order valence-corrected chi connectivity index (χ3v) is 3.25. The van der Waals surface area contributed by atoms with E-state index < -0.39 is 0 Å². The fraction of sp³-hybridized carbons (Fsp3) is 0.308. The normalized spacial score (nSPS) is 10.5. The van der Waals surface area contributed by atoms with Crippen LogP contribution >= 0.6 is 12.2 Å². The largest absolute Gasteiger partial charge is 0.472 e. The molecule has 0 aliphatic carbocycles. The van der Waals surface area contributed by atoms with Gasteiger partial charge in [-0.25, -0.2) is 0 Å². The SMILES string of the molecule is Cc1nnc(N(C)Cc2ccoc2)c(C(N)=S)c1C. The molecule has 6 heteroatoms. The van der Waals surface area contributed by atoms with Gasteiger partial charge in [-0.2, -0.15) is 5.10 Å². The average molecular weight is 276 g/mol. The van der Waals surface area contributed by atoms with E-state index in [0.717, 1.165) is 22.4 Å². The number of nitrogens with zero attached hydrogens (tertiary/aromatic N) is 3. The molecule has 0 amide bonds. The van der Waals surface area contributed by atoms with E-state index in [0.29, 0.717) is 17.4 Å². The molecule has 0 spiro atoms. The van der Waals surface area contributed by atoms with Gasteiger partial charge in [0.2, 0.25) is 0 Å². The zero-order valence-electron chi connectivity index (χ0n) is 11.2. The number of hydrogen-bond acceptors (Lipinski definition) is 5. The summed E-state index contributed by atoms with van der Waals surface area (Å²) in [6.07, 6.45) is 3.34. The van der Waals surface area contributed by atoms with Gasteiger partial charge in [-0.15, -0.1) is 5.10 Å². The molecule has 0 atom stereocenters. The van der Waals surface area contributed by atoms with Crippen molar-refractivity contribution in [2.45, 2.75) is 20.4 Å². The van der Waals surface area contributed by atoms with Gasteiger partial charge in [0.05, 0.1) is 23.8 Å². The zero-order valence-corrected chi connectivity index (χ0v) is 12.0. The zero-order chi connectivity index (χ0) is 14.0. The van der Waals surface area contributed by atoms with Gasteiger partial charge in [-0.05, 0) is 25.5 Å². The lowest BCUT2D eigenvalue weighted by molar-refractivity contribution is 0.563. The van der Waals surface area contributed by atoms with Gasteiger partial charge in [0.1, 0.15) is 4.99 Å². The molecule has 0 unspecified atom stereocenters. The summed E-state index contributed by atoms with van der Waals surface area (Å²) in [5.74, 6) is 0.691. The highest BCUT2D eigenvalue weighted by Gasteiger charge is 2.17. The highest BCUT2D eigenvalue weighted by Crippen LogP contribution is 2.22. The predicted octanol–water partition coefficient (Wildman–Crippen LogP) is 1.96. The molecule has 0 fully saturated rings. The number of thiocarbonyl (C=S) groups is 1. The molecule has 0 bridgehead atoms. The van der Waals surface area contributed by atoms with E-state index in [9.17, 15) is 0 Å². The van der Waals surface area contributed by atoms with Crippen LogP contribution in [0.4, 0.5) is 5.82 Å². The minimum Gasteiger partial charge on any atom is -0.472 e. The van der Waals surface area contributed by atoms with Crippen molar-refractivity contribution in [1.29, 1.82) is 0 Å². The van der Waals surface area contributed by atoms with E-state index in [4.69, 9.17) is 22.4 Å². The third-order valence-electron chi connectivity index (χ3n) is 3.04. The standard InChI is InChI=1S/C13H16N4OS/c1-8-9(2)15-16-13(11(8)12(14)19)17(3)6-10-4-5-18-7-10/h4-5,7H,6H2,1-3H3,(H2,14,19). The van der Waals surface area contributed by atoms with E-state index >= 15 is 0 Å². The molecule has 19 heavy (non-hydrogen) atoms. The van der Waals surface area contributed by atoms with Gasteiger partial charge in [0, 0.05) is 19.2 Å². The first-order valence-electron chi connectivity index (χ1n) is 5.86. The van der Waals surface area contributed by atoms with Gasteiger partial charge in [-0.3, -0.25) is 0 Å². The fourth-order valence-electron chi connectivity index (χ4n) is 1.89. The molecule has 100 valence electrons. The molecule has 2 aromatic rings. The molecule has 0 aliphatic rings. The van der Waals surface area contributed by atoms with Crippen molar-refractivity contribution in [2.24, 2.45) is 5.73 Å². The minimum atomic E-state index is 0.338. The van der Waals surface area contributed by atoms with Crippen molar-refractivity contribution in [2.75, 3.05) is 11.9 Å². The molecule has 5 nitrogen and oxygen atoms in total. The summed E-state index contributed by atoms with van der Waals surface area (Å²) in [5.41, 5.74) is 9.46. The average Bonchev–Trinajstić information content (AvgIpc) is 2.84. The Morgan fingerprint density at radius 3 is 2.74 bits per heavy atom. The minimum absolute atomic E-state index is 0.338. The van der Waals surface area contributed by atoms with E-state index in [1.54, 1.807) is 12.5 Å². The van der Waals surface area contributed by atoms with Crippen molar-refractivity contribution in [3.05, 3.63) is 41.0 Å². The first kappa shape index (κ1) is 13.5. The van der Waals surface area contributed by atoms with E-state index in [2.05, 4.69) is 10.2 Å². The second-order valence-electron chi connectivity index (χ2n) is 4.46. The summed E-state index contributed by atoms with van der Waals surface area (Å²) in [7, 11) is 1.92. The van der Waals surface area contributed by atoms with Crippen LogP contribution < -0.4 is 10.6 Å². The van der Waals surface area contributed by atoms with E-state index in [1.165, 1.54) is 0 Å². The Morgan fingerprint density at radius 2 is 2.16 bits per heavy atom. The third kappa shape index (κ3) is 2.73. The van der Waals surface area contributed by atoms with Crippen LogP contribution in [-0.2, 0) is 6.54 Å². The summed E-state index contributed by atoms with van der Waals surface area (Å²) in [5, 5.41) is 8.36. The van der Waals surface area contributed by atoms with Gasteiger partial charge in [0.25, 0.3) is 0 Å². The van der Waals surface area contributed by atoms with Crippen molar-refractivity contribution < 1.29 is 4.42 Å². The molecule has 2 aromatic heterocycles. The van der Waals surface area contributed by atoms with Gasteiger partial charge >= 0.3 is 0 Å². The summed E-state index contributed by atoms with van der Waals surface area (Å²) in [6, 6.07) is 1.91. The molecule has 2 heterocycles. The summed E-state index contributed by atoms with van der Waals surface area (Å²) in [4.78, 5) is 2.29. The molecule has 0 aromatic carbocycles. The Morgan fingerprint density at radius 1 is 1.42 bits per heavy atom. The number of aromatic nitrogens is 2. The number of anilines is 1. The van der Waals surface area contributed by atoms with E-state index in [-0.39, 0.29) is 0 Å². The molecular weight excluding hydrogens is 260 g/mol. The van der Waals surface area contributed by atoms with Crippen LogP contribution in [-0.4, -0.2) is 22.2 Å². The highest BCUT2D eigenvalue weighted by atomic mass is 32.1. The molecule has 2 N–H and O–H groups in total. The quantitative estimate of drug-likeness (QED) is 0.861. The predicted molar refractivity (Wildman–Crippen MR) is 78.2 cm³/mol. The Hall–Kier alpha value is -1.95. The first-order chi connectivity index (χ1) is 9.00. The maximum atomic E-state index is 5.81. The van der Waals surface area contributed by atoms with Crippen LogP contribution in [0.5, 0.6) is 0 Å². The molecule has 0 saturated heterocycles. The van der Waals surface area contributed by atoms with Crippen LogP contribution in [0, 0.1) is 13.8 Å². The van der Waals surface area contributed by atoms with Crippen molar-refractivity contribution in [1.82, 2.24) is 10.2 Å². The molecule has 0 saturated carbocycles. The second-order valence-corrected chi connectivity index (χ2v) is 4.90. The molecule has 2 rings (SSSR count). The van der Waals surface area contributed by atoms with E-state index in [1.807, 2.05) is 31.9 Å². The molecular formula is C13H16N4OS. The lowest BCUT2D eigenvalue weighted by atomic mass is 10.1. The van der Waals surface area contributed by atoms with Crippen LogP contribution in [0.25, 0.3) is 0 Å². The first-order valence-corrected chi connectivity index (χ1v) is 6.27. The summed E-state index contributed by atoms with van der Waals surface area (Å²) < 4.78 is 5.06. The molecule has 0 aliphatic heterocycles. The Kier molecular flexibility index (Phi) is 3.80. The molecule has 0 radical (unpaired) electrons. The lowest BCUT2D eigenvalue weighted by Crippen LogP contribution is -2.24. The summed E-state index contributed by atoms with van der Waals surface area (Å²) >= 11 is 5.13. The summed E-state index contributed by atoms with van der Waals surface area (Å²) in [6.45, 7) is 4.50. The number of nitrogens with two attached hydrogens (primary N) is 1. The Labute approximate surface area is 117 Å². The van der Waals surface area contributed by atoms with Crippen LogP contribution in [0.3, 0.4) is 0 Å². The second kappa shape index (κ2) is 5.36. The van der Waals surface area contributed by atoms with Crippen molar-refractivity contribution in [3.63, 3.8) is 0 Å². The number of hydrogen-bond donors (Lipinski definition) is 1. The van der Waals surface area contributed by atoms with Crippen LogP contribution in [0.15, 0.2) is 23.0 Å². The van der Waals surface area contributed by atoms with Crippen molar-refractivity contribution >= 4 is 23.0 Å².